The highest BCUT2D eigenvalue weighted by atomic mass is 16.1. The Morgan fingerprint density at radius 1 is 0.962 bits per heavy atom. The van der Waals surface area contributed by atoms with Crippen molar-refractivity contribution in [2.24, 2.45) is 0 Å². The average molecular weight is 344 g/mol. The topological polar surface area (TPSA) is 67.8 Å². The Balaban J connectivity index is 1.40. The smallest absolute Gasteiger partial charge is 0.254 e. The Labute approximate surface area is 152 Å². The van der Waals surface area contributed by atoms with Gasteiger partial charge in [0.15, 0.2) is 5.82 Å². The Morgan fingerprint density at radius 2 is 1.69 bits per heavy atom. The van der Waals surface area contributed by atoms with Gasteiger partial charge in [-0.15, -0.1) is 0 Å². The largest absolute Gasteiger partial charge is 0.348 e. The second-order valence-corrected chi connectivity index (χ2v) is 6.52. The molecule has 0 atom stereocenters. The molecule has 1 aliphatic carbocycles. The van der Waals surface area contributed by atoms with E-state index in [0.29, 0.717) is 17.9 Å². The van der Waals surface area contributed by atoms with E-state index in [2.05, 4.69) is 38.5 Å². The molecule has 0 radical (unpaired) electrons. The molecule has 0 saturated heterocycles. The molecule has 3 aromatic rings. The molecule has 130 valence electrons. The van der Waals surface area contributed by atoms with E-state index in [1.165, 1.54) is 30.4 Å². The van der Waals surface area contributed by atoms with Gasteiger partial charge in [0, 0.05) is 36.9 Å². The summed E-state index contributed by atoms with van der Waals surface area (Å²) in [7, 11) is 0. The zero-order valence-corrected chi connectivity index (χ0v) is 14.5. The summed E-state index contributed by atoms with van der Waals surface area (Å²) in [6.45, 7) is 0.512. The van der Waals surface area contributed by atoms with Crippen LogP contribution < -0.4 is 5.32 Å². The minimum atomic E-state index is -0.163. The number of hydrogen-bond donors (Lipinski definition) is 1. The van der Waals surface area contributed by atoms with Crippen molar-refractivity contribution in [1.29, 1.82) is 0 Å². The number of pyridine rings is 1. The van der Waals surface area contributed by atoms with Gasteiger partial charge in [-0.05, 0) is 54.5 Å². The van der Waals surface area contributed by atoms with Crippen LogP contribution in [-0.4, -0.2) is 20.9 Å². The molecule has 0 bridgehead atoms. The molecule has 5 nitrogen and oxygen atoms in total. The first-order valence-corrected chi connectivity index (χ1v) is 8.91. The van der Waals surface area contributed by atoms with Gasteiger partial charge in [0.2, 0.25) is 0 Å². The van der Waals surface area contributed by atoms with Crippen molar-refractivity contribution in [1.82, 2.24) is 20.3 Å². The highest BCUT2D eigenvalue weighted by Crippen LogP contribution is 2.22. The molecule has 5 heteroatoms. The zero-order chi connectivity index (χ0) is 17.8. The number of rotatable bonds is 4. The van der Waals surface area contributed by atoms with Crippen LogP contribution in [0.3, 0.4) is 0 Å². The second-order valence-electron chi connectivity index (χ2n) is 6.52. The molecule has 1 aliphatic rings. The molecule has 0 aliphatic heterocycles. The maximum absolute atomic E-state index is 12.4. The van der Waals surface area contributed by atoms with Crippen molar-refractivity contribution in [3.05, 3.63) is 77.4 Å². The van der Waals surface area contributed by atoms with E-state index in [-0.39, 0.29) is 5.91 Å². The van der Waals surface area contributed by atoms with Gasteiger partial charge in [-0.2, -0.15) is 0 Å². The summed E-state index contributed by atoms with van der Waals surface area (Å²) in [6.07, 6.45) is 11.3. The minimum absolute atomic E-state index is 0.163. The molecule has 4 rings (SSSR count). The van der Waals surface area contributed by atoms with Gasteiger partial charge < -0.3 is 5.32 Å². The van der Waals surface area contributed by atoms with Gasteiger partial charge in [-0.3, -0.25) is 9.78 Å². The van der Waals surface area contributed by atoms with Crippen LogP contribution >= 0.6 is 0 Å². The lowest BCUT2D eigenvalue weighted by molar-refractivity contribution is 0.0950. The van der Waals surface area contributed by atoms with Gasteiger partial charge in [0.1, 0.15) is 0 Å². The quantitative estimate of drug-likeness (QED) is 0.788. The van der Waals surface area contributed by atoms with Gasteiger partial charge in [-0.25, -0.2) is 9.97 Å². The zero-order valence-electron chi connectivity index (χ0n) is 14.5. The highest BCUT2D eigenvalue weighted by molar-refractivity contribution is 5.93. The number of nitrogens with zero attached hydrogens (tertiary/aromatic N) is 3. The standard InChI is InChI=1S/C21H20N4O/c26-21(19-13-23-20(24-14-19)17-7-9-22-10-8-17)25-12-15-5-6-16-3-1-2-4-18(16)11-15/h5-11,13-14H,1-4,12H2,(H,25,26). The van der Waals surface area contributed by atoms with Crippen molar-refractivity contribution in [3.8, 4) is 11.4 Å². The van der Waals surface area contributed by atoms with Crippen molar-refractivity contribution in [2.75, 3.05) is 0 Å². The Hall–Kier alpha value is -3.08. The molecular formula is C21H20N4O. The molecule has 0 fully saturated rings. The van der Waals surface area contributed by atoms with Crippen LogP contribution in [0.2, 0.25) is 0 Å². The first-order chi connectivity index (χ1) is 12.8. The van der Waals surface area contributed by atoms with Gasteiger partial charge >= 0.3 is 0 Å². The summed E-state index contributed by atoms with van der Waals surface area (Å²) in [5, 5.41) is 2.95. The van der Waals surface area contributed by atoms with Crippen molar-refractivity contribution < 1.29 is 4.79 Å². The van der Waals surface area contributed by atoms with Gasteiger partial charge in [0.25, 0.3) is 5.91 Å². The summed E-state index contributed by atoms with van der Waals surface area (Å²) in [5.41, 5.74) is 5.34. The highest BCUT2D eigenvalue weighted by Gasteiger charge is 2.11. The second kappa shape index (κ2) is 7.44. The number of hydrogen-bond acceptors (Lipinski definition) is 4. The number of fused-ring (bicyclic) bond motifs is 1. The summed E-state index contributed by atoms with van der Waals surface area (Å²) in [4.78, 5) is 24.9. The van der Waals surface area contributed by atoms with Crippen LogP contribution in [0.1, 0.15) is 39.9 Å². The first kappa shape index (κ1) is 16.4. The predicted octanol–water partition coefficient (Wildman–Crippen LogP) is 3.35. The van der Waals surface area contributed by atoms with Crippen LogP contribution in [0.15, 0.2) is 55.1 Å². The van der Waals surface area contributed by atoms with Crippen LogP contribution in [0.5, 0.6) is 0 Å². The third-order valence-corrected chi connectivity index (χ3v) is 4.72. The van der Waals surface area contributed by atoms with E-state index in [4.69, 9.17) is 0 Å². The molecular weight excluding hydrogens is 324 g/mol. The number of carbonyl (C=O) groups is 1. The summed E-state index contributed by atoms with van der Waals surface area (Å²) < 4.78 is 0. The molecule has 2 aromatic heterocycles. The minimum Gasteiger partial charge on any atom is -0.348 e. The van der Waals surface area contributed by atoms with Crippen LogP contribution in [0.4, 0.5) is 0 Å². The normalized spacial score (nSPS) is 13.1. The van der Waals surface area contributed by atoms with Crippen LogP contribution in [0, 0.1) is 0 Å². The SMILES string of the molecule is O=C(NCc1ccc2c(c1)CCCC2)c1cnc(-c2ccncc2)nc1. The number of amides is 1. The number of nitrogens with one attached hydrogen (secondary N) is 1. The Kier molecular flexibility index (Phi) is 4.69. The van der Waals surface area contributed by atoms with Crippen molar-refractivity contribution >= 4 is 5.91 Å². The molecule has 1 amide bonds. The lowest BCUT2D eigenvalue weighted by atomic mass is 9.90. The Bertz CT molecular complexity index is 907. The fourth-order valence-corrected chi connectivity index (χ4v) is 3.28. The maximum Gasteiger partial charge on any atom is 0.254 e. The van der Waals surface area contributed by atoms with E-state index in [9.17, 15) is 4.79 Å². The maximum atomic E-state index is 12.4. The number of benzene rings is 1. The number of aryl methyl sites for hydroxylation is 2. The third kappa shape index (κ3) is 3.61. The van der Waals surface area contributed by atoms with E-state index in [1.807, 2.05) is 12.1 Å². The first-order valence-electron chi connectivity index (χ1n) is 8.91. The monoisotopic (exact) mass is 344 g/mol. The number of aromatic nitrogens is 3. The fraction of sp³-hybridized carbons (Fsp3) is 0.238. The van der Waals surface area contributed by atoms with Gasteiger partial charge in [0.05, 0.1) is 5.56 Å². The molecule has 0 unspecified atom stereocenters. The molecule has 26 heavy (non-hydrogen) atoms. The van der Waals surface area contributed by atoms with E-state index in [1.54, 1.807) is 24.8 Å². The fourth-order valence-electron chi connectivity index (χ4n) is 3.28. The molecule has 0 spiro atoms. The van der Waals surface area contributed by atoms with Crippen LogP contribution in [-0.2, 0) is 19.4 Å². The Morgan fingerprint density at radius 3 is 2.46 bits per heavy atom. The lowest BCUT2D eigenvalue weighted by Crippen LogP contribution is -2.23. The molecule has 1 N–H and O–H groups in total. The number of carbonyl (C=O) groups excluding carboxylic acids is 1. The van der Waals surface area contributed by atoms with E-state index >= 15 is 0 Å². The molecule has 1 aromatic carbocycles. The van der Waals surface area contributed by atoms with Crippen molar-refractivity contribution in [2.45, 2.75) is 32.2 Å². The average Bonchev–Trinajstić information content (AvgIpc) is 2.72. The predicted molar refractivity (Wildman–Crippen MR) is 99.5 cm³/mol. The lowest BCUT2D eigenvalue weighted by Gasteiger charge is -2.16. The van der Waals surface area contributed by atoms with Crippen LogP contribution in [0.25, 0.3) is 11.4 Å². The molecule has 2 heterocycles. The summed E-state index contributed by atoms with van der Waals surface area (Å²) in [5.74, 6) is 0.419. The van der Waals surface area contributed by atoms with E-state index in [0.717, 1.165) is 17.5 Å². The third-order valence-electron chi connectivity index (χ3n) is 4.72. The van der Waals surface area contributed by atoms with Crippen molar-refractivity contribution in [3.63, 3.8) is 0 Å². The summed E-state index contributed by atoms with van der Waals surface area (Å²) >= 11 is 0. The molecule has 0 saturated carbocycles. The summed E-state index contributed by atoms with van der Waals surface area (Å²) in [6, 6.07) is 10.2. The van der Waals surface area contributed by atoms with E-state index < -0.39 is 0 Å². The van der Waals surface area contributed by atoms with Gasteiger partial charge in [-0.1, -0.05) is 18.2 Å².